The third kappa shape index (κ3) is 9.01. The normalized spacial score (nSPS) is 25.8. The van der Waals surface area contributed by atoms with Crippen molar-refractivity contribution >= 4 is 45.7 Å². The van der Waals surface area contributed by atoms with E-state index in [0.29, 0.717) is 58.9 Å². The minimum atomic E-state index is -1.33. The summed E-state index contributed by atoms with van der Waals surface area (Å²) in [5, 5.41) is 57.1. The smallest absolute Gasteiger partial charge is 0.226 e. The summed E-state index contributed by atoms with van der Waals surface area (Å²) in [5.41, 5.74) is 10.5. The van der Waals surface area contributed by atoms with Crippen LogP contribution in [-0.2, 0) is 27.1 Å². The zero-order valence-electron chi connectivity index (χ0n) is 33.6. The Morgan fingerprint density at radius 1 is 0.814 bits per heavy atom. The van der Waals surface area contributed by atoms with E-state index in [1.165, 1.54) is 41.2 Å². The van der Waals surface area contributed by atoms with Gasteiger partial charge >= 0.3 is 0 Å². The van der Waals surface area contributed by atoms with Crippen molar-refractivity contribution in [2.75, 3.05) is 29.5 Å². The van der Waals surface area contributed by atoms with Crippen molar-refractivity contribution in [3.63, 3.8) is 0 Å². The molecule has 2 aliphatic heterocycles. The summed E-state index contributed by atoms with van der Waals surface area (Å²) in [4.78, 5) is 38.7. The number of aryl methyl sites for hydroxylation is 2. The molecule has 0 bridgehead atoms. The second-order valence-electron chi connectivity index (χ2n) is 15.4. The molecule has 3 aliphatic rings. The molecule has 1 aromatic carbocycles. The number of imidazole rings is 2. The van der Waals surface area contributed by atoms with Crippen LogP contribution >= 0.6 is 0 Å². The first kappa shape index (κ1) is 42.2. The zero-order chi connectivity index (χ0) is 41.8. The van der Waals surface area contributed by atoms with Crippen LogP contribution in [-0.4, -0.2) is 126 Å². The lowest BCUT2D eigenvalue weighted by molar-refractivity contribution is -0.135. The minimum absolute atomic E-state index is 0.182. The number of anilines is 3. The standard InChI is InChI=1S/C24H32N6O4.C16H23N5O4/c1-3-5-14-7-9-15(10-8-14)11-12-26-24-28-21(25)17-22(29-24)30(13-27-17)23-19(33)18(32)20(34-23)16(31)6-4-2;1-8-18-14(20-9-4-2-3-5-9)11-15(19-8)21(7-17-11)16-13(24)12(23)10(6-22)25-16/h7-10,13,18-20,23,32-33H,3-6,11-12H2,1-2H3,(H3,25,26,28,29);7,9-10,12-13,16,22-24H,2-6H2,1H3,(H,18,19,20)/t18-,19+,20?,23?;10?,12-,13-,16?/m10/s1. The molecule has 0 radical (unpaired) electrons. The summed E-state index contributed by atoms with van der Waals surface area (Å²) in [7, 11) is 0. The highest BCUT2D eigenvalue weighted by atomic mass is 16.6. The fourth-order valence-corrected chi connectivity index (χ4v) is 7.91. The predicted molar refractivity (Wildman–Crippen MR) is 217 cm³/mol. The second-order valence-corrected chi connectivity index (χ2v) is 15.4. The molecular formula is C40H55N11O8. The number of Topliss-reactive ketones (excluding diaryl/α,β-unsaturated/α-hetero) is 1. The molecular weight excluding hydrogens is 763 g/mol. The van der Waals surface area contributed by atoms with Crippen LogP contribution in [0.1, 0.15) is 88.2 Å². The number of aromatic nitrogens is 8. The number of ether oxygens (including phenoxy) is 2. The molecule has 3 fully saturated rings. The van der Waals surface area contributed by atoms with Crippen LogP contribution in [0.15, 0.2) is 36.9 Å². The van der Waals surface area contributed by atoms with Gasteiger partial charge in [0.1, 0.15) is 48.0 Å². The molecule has 318 valence electrons. The van der Waals surface area contributed by atoms with Gasteiger partial charge in [0.2, 0.25) is 5.95 Å². The van der Waals surface area contributed by atoms with Crippen LogP contribution in [0.5, 0.6) is 0 Å². The Kier molecular flexibility index (Phi) is 13.3. The van der Waals surface area contributed by atoms with Crippen molar-refractivity contribution in [3.8, 4) is 0 Å². The minimum Gasteiger partial charge on any atom is -0.394 e. The molecule has 0 amide bonds. The van der Waals surface area contributed by atoms with Crippen molar-refractivity contribution < 1.29 is 39.8 Å². The Labute approximate surface area is 341 Å². The molecule has 8 rings (SSSR count). The summed E-state index contributed by atoms with van der Waals surface area (Å²) >= 11 is 0. The number of carbonyl (C=O) groups is 1. The van der Waals surface area contributed by atoms with Gasteiger partial charge in [-0.05, 0) is 50.2 Å². The van der Waals surface area contributed by atoms with E-state index in [4.69, 9.17) is 15.2 Å². The van der Waals surface area contributed by atoms with Gasteiger partial charge in [-0.3, -0.25) is 13.9 Å². The number of rotatable bonds is 14. The number of nitrogens with one attached hydrogen (secondary N) is 2. The molecule has 59 heavy (non-hydrogen) atoms. The summed E-state index contributed by atoms with van der Waals surface area (Å²) in [6.07, 6.45) is 2.67. The van der Waals surface area contributed by atoms with Crippen LogP contribution in [0.3, 0.4) is 0 Å². The molecule has 6 heterocycles. The Bertz CT molecular complexity index is 2190. The summed E-state index contributed by atoms with van der Waals surface area (Å²) in [5.74, 6) is 1.52. The first-order chi connectivity index (χ1) is 28.5. The van der Waals surface area contributed by atoms with Gasteiger partial charge in [0.15, 0.2) is 46.7 Å². The molecule has 9 N–H and O–H groups in total. The maximum absolute atomic E-state index is 12.3. The number of aliphatic hydroxyl groups excluding tert-OH is 5. The largest absolute Gasteiger partial charge is 0.394 e. The highest BCUT2D eigenvalue weighted by Gasteiger charge is 2.47. The van der Waals surface area contributed by atoms with Gasteiger partial charge < -0.3 is 51.4 Å². The molecule has 4 unspecified atom stereocenters. The van der Waals surface area contributed by atoms with E-state index < -0.39 is 49.1 Å². The number of nitrogens with two attached hydrogens (primary N) is 1. The molecule has 5 aromatic rings. The van der Waals surface area contributed by atoms with E-state index in [2.05, 4.69) is 71.7 Å². The van der Waals surface area contributed by atoms with Gasteiger partial charge in [-0.15, -0.1) is 0 Å². The Hall–Kier alpha value is -4.89. The maximum Gasteiger partial charge on any atom is 0.226 e. The van der Waals surface area contributed by atoms with Gasteiger partial charge in [0.25, 0.3) is 0 Å². The summed E-state index contributed by atoms with van der Waals surface area (Å²) in [6.45, 7) is 6.06. The quantitative estimate of drug-likeness (QED) is 0.0797. The molecule has 1 saturated carbocycles. The highest BCUT2D eigenvalue weighted by Crippen LogP contribution is 2.35. The number of aliphatic hydroxyl groups is 5. The van der Waals surface area contributed by atoms with E-state index in [9.17, 15) is 30.3 Å². The zero-order valence-corrected chi connectivity index (χ0v) is 33.6. The van der Waals surface area contributed by atoms with Crippen molar-refractivity contribution in [2.45, 2.75) is 134 Å². The molecule has 2 saturated heterocycles. The van der Waals surface area contributed by atoms with Gasteiger partial charge in [0.05, 0.1) is 19.3 Å². The molecule has 19 nitrogen and oxygen atoms in total. The average Bonchev–Trinajstić information content (AvgIpc) is 4.07. The second kappa shape index (κ2) is 18.6. The molecule has 1 aliphatic carbocycles. The molecule has 4 aromatic heterocycles. The van der Waals surface area contributed by atoms with Gasteiger partial charge in [-0.1, -0.05) is 57.4 Å². The molecule has 8 atom stereocenters. The number of nitrogens with zero attached hydrogens (tertiary/aromatic N) is 8. The monoisotopic (exact) mass is 817 g/mol. The van der Waals surface area contributed by atoms with Crippen molar-refractivity contribution in [2.24, 2.45) is 0 Å². The van der Waals surface area contributed by atoms with E-state index in [0.717, 1.165) is 32.1 Å². The number of hydrogen-bond acceptors (Lipinski definition) is 17. The average molecular weight is 818 g/mol. The van der Waals surface area contributed by atoms with Gasteiger partial charge in [-0.2, -0.15) is 9.97 Å². The number of carbonyl (C=O) groups excluding carboxylic acids is 1. The van der Waals surface area contributed by atoms with Crippen molar-refractivity contribution in [1.29, 1.82) is 0 Å². The highest BCUT2D eigenvalue weighted by molar-refractivity contribution is 5.85. The van der Waals surface area contributed by atoms with Crippen LogP contribution in [0.2, 0.25) is 0 Å². The van der Waals surface area contributed by atoms with Crippen LogP contribution in [0.25, 0.3) is 22.3 Å². The summed E-state index contributed by atoms with van der Waals surface area (Å²) in [6, 6.07) is 8.94. The maximum atomic E-state index is 12.3. The van der Waals surface area contributed by atoms with E-state index in [1.54, 1.807) is 11.5 Å². The van der Waals surface area contributed by atoms with E-state index in [1.807, 2.05) is 6.92 Å². The molecule has 0 spiro atoms. The lowest BCUT2D eigenvalue weighted by atomic mass is 10.0. The van der Waals surface area contributed by atoms with Gasteiger partial charge in [-0.25, -0.2) is 19.9 Å². The first-order valence-corrected chi connectivity index (χ1v) is 20.5. The van der Waals surface area contributed by atoms with E-state index >= 15 is 0 Å². The Morgan fingerprint density at radius 3 is 2.08 bits per heavy atom. The fraction of sp³-hybridized carbons (Fsp3) is 0.575. The predicted octanol–water partition coefficient (Wildman–Crippen LogP) is 2.10. The lowest BCUT2D eigenvalue weighted by Crippen LogP contribution is -2.35. The molecule has 19 heteroatoms. The topological polar surface area (TPSA) is 274 Å². The number of fused-ring (bicyclic) bond motifs is 2. The van der Waals surface area contributed by atoms with Crippen LogP contribution in [0.4, 0.5) is 17.6 Å². The fourth-order valence-electron chi connectivity index (χ4n) is 7.91. The van der Waals surface area contributed by atoms with Crippen molar-refractivity contribution in [3.05, 3.63) is 53.9 Å². The third-order valence-electron chi connectivity index (χ3n) is 11.1. The number of ketones is 1. The Balaban J connectivity index is 0.000000187. The lowest BCUT2D eigenvalue weighted by Gasteiger charge is -2.17. The van der Waals surface area contributed by atoms with Crippen LogP contribution in [0, 0.1) is 6.92 Å². The van der Waals surface area contributed by atoms with Gasteiger partial charge in [0, 0.05) is 19.0 Å². The third-order valence-corrected chi connectivity index (χ3v) is 11.1. The number of benzene rings is 1. The number of nitrogen functional groups attached to an aromatic ring is 1. The van der Waals surface area contributed by atoms with Crippen LogP contribution < -0.4 is 16.4 Å². The number of hydrogen-bond donors (Lipinski definition) is 8. The Morgan fingerprint density at radius 2 is 1.44 bits per heavy atom. The SMILES string of the molecule is CCCC(=O)C1OC(n2cnc3c(N)nc(NCCc4ccc(CCC)cc4)nc32)[C@@H](O)[C@H]1O.Cc1nc(NC2CCCC2)c2ncn(C3OC(CO)[C@H](O)[C@@H]3O)c2n1. The summed E-state index contributed by atoms with van der Waals surface area (Å²) < 4.78 is 14.4. The van der Waals surface area contributed by atoms with Crippen molar-refractivity contribution in [1.82, 2.24) is 39.0 Å². The van der Waals surface area contributed by atoms with E-state index in [-0.39, 0.29) is 24.6 Å². The first-order valence-electron chi connectivity index (χ1n) is 20.5.